The fourth-order valence-electron chi connectivity index (χ4n) is 5.59. The lowest BCUT2D eigenvalue weighted by Crippen LogP contribution is -3.16. The van der Waals surface area contributed by atoms with E-state index in [0.717, 1.165) is 35.4 Å². The number of amides is 2. The van der Waals surface area contributed by atoms with Crippen molar-refractivity contribution in [3.8, 4) is 0 Å². The number of Topliss-reactive ketones (excluding diaryl/α,β-unsaturated/α-hetero) is 1. The highest BCUT2D eigenvalue weighted by Crippen LogP contribution is 2.40. The van der Waals surface area contributed by atoms with E-state index in [0.29, 0.717) is 11.3 Å². The molecule has 0 radical (unpaired) electrons. The van der Waals surface area contributed by atoms with E-state index >= 15 is 0 Å². The summed E-state index contributed by atoms with van der Waals surface area (Å²) < 4.78 is 0. The summed E-state index contributed by atoms with van der Waals surface area (Å²) in [7, 11) is 0. The van der Waals surface area contributed by atoms with Crippen molar-refractivity contribution < 1.29 is 19.3 Å². The Morgan fingerprint density at radius 1 is 0.897 bits per heavy atom. The maximum Gasteiger partial charge on any atom is 0.244 e. The lowest BCUT2D eigenvalue weighted by atomic mass is 9.85. The highest BCUT2D eigenvalue weighted by molar-refractivity contribution is 6.24. The molecule has 3 saturated heterocycles. The zero-order chi connectivity index (χ0) is 20.3. The minimum atomic E-state index is -0.557. The van der Waals surface area contributed by atoms with Crippen molar-refractivity contribution in [1.82, 2.24) is 0 Å². The van der Waals surface area contributed by atoms with Gasteiger partial charge in [0, 0.05) is 18.4 Å². The molecule has 5 nitrogen and oxygen atoms in total. The fraction of sp³-hybridized carbons (Fsp3) is 0.375. The number of quaternary nitrogens is 1. The van der Waals surface area contributed by atoms with Crippen LogP contribution in [-0.2, 0) is 9.59 Å². The number of hydrogen-bond acceptors (Lipinski definition) is 3. The van der Waals surface area contributed by atoms with Crippen molar-refractivity contribution in [2.24, 2.45) is 11.8 Å². The first-order valence-corrected chi connectivity index (χ1v) is 10.4. The first kappa shape index (κ1) is 18.3. The van der Waals surface area contributed by atoms with Crippen molar-refractivity contribution >= 4 is 23.3 Å². The van der Waals surface area contributed by atoms with Gasteiger partial charge >= 0.3 is 0 Å². The van der Waals surface area contributed by atoms with Gasteiger partial charge in [0.2, 0.25) is 17.6 Å². The summed E-state index contributed by atoms with van der Waals surface area (Å²) in [5.41, 5.74) is 3.41. The van der Waals surface area contributed by atoms with E-state index in [2.05, 4.69) is 0 Å². The van der Waals surface area contributed by atoms with E-state index in [1.54, 1.807) is 0 Å². The topological polar surface area (TPSA) is 58.9 Å². The van der Waals surface area contributed by atoms with Crippen LogP contribution in [0.3, 0.4) is 0 Å². The average molecular weight is 389 g/mol. The van der Waals surface area contributed by atoms with Gasteiger partial charge in [-0.1, -0.05) is 47.5 Å². The second kappa shape index (κ2) is 6.63. The zero-order valence-electron chi connectivity index (χ0n) is 16.7. The van der Waals surface area contributed by atoms with Crippen LogP contribution in [0.1, 0.15) is 34.3 Å². The smallest absolute Gasteiger partial charge is 0.244 e. The van der Waals surface area contributed by atoms with Crippen LogP contribution in [0.15, 0.2) is 48.5 Å². The van der Waals surface area contributed by atoms with Gasteiger partial charge in [-0.05, 0) is 26.0 Å². The highest BCUT2D eigenvalue weighted by Gasteiger charge is 2.68. The lowest BCUT2D eigenvalue weighted by Gasteiger charge is -2.25. The Labute approximate surface area is 170 Å². The van der Waals surface area contributed by atoms with Crippen LogP contribution in [0.25, 0.3) is 0 Å². The molecule has 2 aromatic rings. The second-order valence-corrected chi connectivity index (χ2v) is 8.68. The number of benzene rings is 2. The summed E-state index contributed by atoms with van der Waals surface area (Å²) >= 11 is 0. The Bertz CT molecular complexity index is 996. The van der Waals surface area contributed by atoms with Gasteiger partial charge in [-0.25, -0.2) is 4.90 Å². The predicted molar refractivity (Wildman–Crippen MR) is 109 cm³/mol. The van der Waals surface area contributed by atoms with Gasteiger partial charge in [-0.2, -0.15) is 0 Å². The van der Waals surface area contributed by atoms with E-state index in [-0.39, 0.29) is 29.6 Å². The quantitative estimate of drug-likeness (QED) is 0.642. The van der Waals surface area contributed by atoms with Crippen LogP contribution in [-0.4, -0.2) is 36.2 Å². The van der Waals surface area contributed by atoms with Crippen LogP contribution in [0.5, 0.6) is 0 Å². The molecule has 0 bridgehead atoms. The molecule has 3 fully saturated rings. The van der Waals surface area contributed by atoms with Gasteiger partial charge in [-0.3, -0.25) is 14.4 Å². The SMILES string of the molecule is Cc1ccc(C(=O)[C@H]2[C@@H]3C(=O)N(c4ccc(C)cc4)C(=O)[C@@H]3[C@H]3CCC[NH+]32)cc1. The van der Waals surface area contributed by atoms with Gasteiger partial charge in [0.15, 0.2) is 6.04 Å². The highest BCUT2D eigenvalue weighted by atomic mass is 16.2. The third kappa shape index (κ3) is 2.68. The molecular formula is C24H25N2O3+. The number of ketones is 1. The molecule has 29 heavy (non-hydrogen) atoms. The van der Waals surface area contributed by atoms with Gasteiger partial charge < -0.3 is 4.90 Å². The van der Waals surface area contributed by atoms with Crippen molar-refractivity contribution in [3.63, 3.8) is 0 Å². The largest absolute Gasteiger partial charge is 0.322 e. The molecule has 3 heterocycles. The van der Waals surface area contributed by atoms with Crippen molar-refractivity contribution in [1.29, 1.82) is 0 Å². The Morgan fingerprint density at radius 3 is 2.14 bits per heavy atom. The molecule has 1 N–H and O–H groups in total. The van der Waals surface area contributed by atoms with Crippen LogP contribution < -0.4 is 9.80 Å². The summed E-state index contributed by atoms with van der Waals surface area (Å²) in [6.45, 7) is 4.81. The molecule has 5 atom stereocenters. The maximum absolute atomic E-state index is 13.5. The van der Waals surface area contributed by atoms with Crippen LogP contribution in [0.4, 0.5) is 5.69 Å². The average Bonchev–Trinajstić information content (AvgIpc) is 3.35. The molecule has 5 heteroatoms. The van der Waals surface area contributed by atoms with Gasteiger partial charge in [0.05, 0.1) is 12.2 Å². The van der Waals surface area contributed by atoms with Crippen LogP contribution >= 0.6 is 0 Å². The minimum Gasteiger partial charge on any atom is -0.322 e. The number of anilines is 1. The third-order valence-corrected chi connectivity index (χ3v) is 6.96. The number of nitrogens with zero attached hydrogens (tertiary/aromatic N) is 1. The third-order valence-electron chi connectivity index (χ3n) is 6.96. The minimum absolute atomic E-state index is 0.00805. The van der Waals surface area contributed by atoms with Gasteiger partial charge in [0.1, 0.15) is 17.9 Å². The number of fused-ring (bicyclic) bond motifs is 3. The molecule has 148 valence electrons. The zero-order valence-corrected chi connectivity index (χ0v) is 16.7. The summed E-state index contributed by atoms with van der Waals surface area (Å²) in [5, 5.41) is 0. The number of carbonyl (C=O) groups excluding carboxylic acids is 3. The number of aryl methyl sites for hydroxylation is 2. The maximum atomic E-state index is 13.5. The molecule has 0 saturated carbocycles. The first-order valence-electron chi connectivity index (χ1n) is 10.4. The van der Waals surface area contributed by atoms with Crippen LogP contribution in [0.2, 0.25) is 0 Å². The monoisotopic (exact) mass is 389 g/mol. The van der Waals surface area contributed by atoms with Crippen molar-refractivity contribution in [3.05, 3.63) is 65.2 Å². The molecule has 3 aliphatic rings. The molecule has 1 unspecified atom stereocenters. The van der Waals surface area contributed by atoms with Crippen molar-refractivity contribution in [2.75, 3.05) is 11.4 Å². The second-order valence-electron chi connectivity index (χ2n) is 8.68. The predicted octanol–water partition coefficient (Wildman–Crippen LogP) is 1.72. The number of hydrogen-bond donors (Lipinski definition) is 1. The van der Waals surface area contributed by atoms with E-state index in [9.17, 15) is 14.4 Å². The Morgan fingerprint density at radius 2 is 1.48 bits per heavy atom. The fourth-order valence-corrected chi connectivity index (χ4v) is 5.59. The standard InChI is InChI=1S/C24H24N2O3/c1-14-5-9-16(10-6-14)22(27)21-20-19(18-4-3-13-25(18)21)23(28)26(24(20)29)17-11-7-15(2)8-12-17/h5-12,18-21H,3-4,13H2,1-2H3/p+1/t18-,19-,20-,21-/m1/s1. The van der Waals surface area contributed by atoms with E-state index < -0.39 is 12.0 Å². The molecule has 5 rings (SSSR count). The van der Waals surface area contributed by atoms with Crippen LogP contribution in [0, 0.1) is 25.7 Å². The summed E-state index contributed by atoms with van der Waals surface area (Å²) in [6.07, 6.45) is 1.89. The number of carbonyl (C=O) groups is 3. The molecular weight excluding hydrogens is 364 g/mol. The summed E-state index contributed by atoms with van der Waals surface area (Å²) in [5.74, 6) is -1.30. The Hall–Kier alpha value is -2.79. The molecule has 0 aromatic heterocycles. The van der Waals surface area contributed by atoms with Gasteiger partial charge in [0.25, 0.3) is 0 Å². The summed E-state index contributed by atoms with van der Waals surface area (Å²) in [4.78, 5) is 42.8. The molecule has 2 amide bonds. The number of rotatable bonds is 3. The Kier molecular flexibility index (Phi) is 4.17. The van der Waals surface area contributed by atoms with Crippen molar-refractivity contribution in [2.45, 2.75) is 38.8 Å². The van der Waals surface area contributed by atoms with E-state index in [1.165, 1.54) is 4.90 Å². The molecule has 0 spiro atoms. The first-order chi connectivity index (χ1) is 14.0. The normalized spacial score (nSPS) is 30.6. The molecule has 2 aromatic carbocycles. The van der Waals surface area contributed by atoms with Gasteiger partial charge in [-0.15, -0.1) is 0 Å². The number of imide groups is 1. The van der Waals surface area contributed by atoms with E-state index in [4.69, 9.17) is 0 Å². The Balaban J connectivity index is 1.54. The number of nitrogens with one attached hydrogen (secondary N) is 1. The van der Waals surface area contributed by atoms with E-state index in [1.807, 2.05) is 62.4 Å². The molecule has 3 aliphatic heterocycles. The lowest BCUT2D eigenvalue weighted by molar-refractivity contribution is -0.915. The molecule has 0 aliphatic carbocycles. The summed E-state index contributed by atoms with van der Waals surface area (Å²) in [6, 6.07) is 14.6.